The summed E-state index contributed by atoms with van der Waals surface area (Å²) in [6.45, 7) is 1.79. The van der Waals surface area contributed by atoms with Crippen LogP contribution in [0.5, 0.6) is 0 Å². The van der Waals surface area contributed by atoms with Gasteiger partial charge < -0.3 is 10.2 Å². The fourth-order valence-electron chi connectivity index (χ4n) is 1.30. The SMILES string of the molecule is CC(O)(C/C=C/CO)c1ccccc1. The summed E-state index contributed by atoms with van der Waals surface area (Å²) < 4.78 is 0. The van der Waals surface area contributed by atoms with Crippen LogP contribution in [0.1, 0.15) is 18.9 Å². The van der Waals surface area contributed by atoms with Crippen LogP contribution < -0.4 is 0 Å². The van der Waals surface area contributed by atoms with Crippen LogP contribution in [0, 0.1) is 0 Å². The molecule has 2 N–H and O–H groups in total. The first kappa shape index (κ1) is 11.0. The van der Waals surface area contributed by atoms with Crippen LogP contribution in [0.3, 0.4) is 0 Å². The number of hydrogen-bond donors (Lipinski definition) is 2. The van der Waals surface area contributed by atoms with E-state index in [1.54, 1.807) is 19.1 Å². The standard InChI is InChI=1S/C12H16O2/c1-12(14,9-5-6-10-13)11-7-3-2-4-8-11/h2-8,13-14H,9-10H2,1H3/b6-5+. The summed E-state index contributed by atoms with van der Waals surface area (Å²) in [5, 5.41) is 18.6. The Morgan fingerprint density at radius 1 is 1.21 bits per heavy atom. The third-order valence-corrected chi connectivity index (χ3v) is 2.18. The number of rotatable bonds is 4. The fraction of sp³-hybridized carbons (Fsp3) is 0.333. The number of aliphatic hydroxyl groups is 2. The van der Waals surface area contributed by atoms with Crippen molar-refractivity contribution in [2.45, 2.75) is 18.9 Å². The van der Waals surface area contributed by atoms with Gasteiger partial charge in [-0.25, -0.2) is 0 Å². The topological polar surface area (TPSA) is 40.5 Å². The van der Waals surface area contributed by atoms with E-state index < -0.39 is 5.60 Å². The van der Waals surface area contributed by atoms with Gasteiger partial charge in [-0.15, -0.1) is 0 Å². The summed E-state index contributed by atoms with van der Waals surface area (Å²) in [5.74, 6) is 0. The molecular formula is C12H16O2. The minimum Gasteiger partial charge on any atom is -0.392 e. The molecule has 1 atom stereocenters. The van der Waals surface area contributed by atoms with Gasteiger partial charge in [-0.3, -0.25) is 0 Å². The van der Waals surface area contributed by atoms with E-state index in [4.69, 9.17) is 5.11 Å². The van der Waals surface area contributed by atoms with E-state index in [2.05, 4.69) is 0 Å². The second kappa shape index (κ2) is 4.94. The lowest BCUT2D eigenvalue weighted by molar-refractivity contribution is 0.0604. The Bertz CT molecular complexity index is 288. The van der Waals surface area contributed by atoms with Crippen molar-refractivity contribution in [2.24, 2.45) is 0 Å². The van der Waals surface area contributed by atoms with E-state index in [1.807, 2.05) is 30.3 Å². The number of benzene rings is 1. The van der Waals surface area contributed by atoms with Gasteiger partial charge in [0.05, 0.1) is 12.2 Å². The van der Waals surface area contributed by atoms with Gasteiger partial charge in [0.15, 0.2) is 0 Å². The highest BCUT2D eigenvalue weighted by molar-refractivity contribution is 5.22. The predicted molar refractivity (Wildman–Crippen MR) is 56.9 cm³/mol. The summed E-state index contributed by atoms with van der Waals surface area (Å²) in [6, 6.07) is 9.52. The van der Waals surface area contributed by atoms with Crippen LogP contribution in [0.15, 0.2) is 42.5 Å². The van der Waals surface area contributed by atoms with E-state index in [-0.39, 0.29) is 6.61 Å². The minimum atomic E-state index is -0.854. The van der Waals surface area contributed by atoms with Crippen LogP contribution in [0.25, 0.3) is 0 Å². The van der Waals surface area contributed by atoms with Gasteiger partial charge in [-0.2, -0.15) is 0 Å². The Balaban J connectivity index is 2.70. The molecule has 0 radical (unpaired) electrons. The van der Waals surface area contributed by atoms with Crippen LogP contribution in [-0.2, 0) is 5.60 Å². The second-order valence-corrected chi connectivity index (χ2v) is 3.50. The summed E-state index contributed by atoms with van der Waals surface area (Å²) in [5.41, 5.74) is 0.0371. The van der Waals surface area contributed by atoms with Crippen molar-refractivity contribution in [1.82, 2.24) is 0 Å². The first-order valence-corrected chi connectivity index (χ1v) is 4.70. The summed E-state index contributed by atoms with van der Waals surface area (Å²) in [6.07, 6.45) is 3.93. The molecule has 0 aromatic heterocycles. The van der Waals surface area contributed by atoms with Crippen molar-refractivity contribution < 1.29 is 10.2 Å². The average molecular weight is 192 g/mol. The van der Waals surface area contributed by atoms with Crippen molar-refractivity contribution in [3.05, 3.63) is 48.0 Å². The molecule has 0 spiro atoms. The molecule has 2 heteroatoms. The molecule has 0 amide bonds. The largest absolute Gasteiger partial charge is 0.392 e. The molecule has 0 aliphatic rings. The van der Waals surface area contributed by atoms with Gasteiger partial charge >= 0.3 is 0 Å². The van der Waals surface area contributed by atoms with Gasteiger partial charge in [0.1, 0.15) is 0 Å². The second-order valence-electron chi connectivity index (χ2n) is 3.50. The normalized spacial score (nSPS) is 15.6. The summed E-state index contributed by atoms with van der Waals surface area (Å²) in [4.78, 5) is 0. The zero-order valence-corrected chi connectivity index (χ0v) is 8.35. The zero-order valence-electron chi connectivity index (χ0n) is 8.35. The molecule has 0 saturated carbocycles. The van der Waals surface area contributed by atoms with Crippen molar-refractivity contribution >= 4 is 0 Å². The average Bonchev–Trinajstić information content (AvgIpc) is 2.19. The molecule has 0 aliphatic carbocycles. The predicted octanol–water partition coefficient (Wildman–Crippen LogP) is 1.83. The lowest BCUT2D eigenvalue weighted by atomic mass is 9.92. The Labute approximate surface area is 84.5 Å². The van der Waals surface area contributed by atoms with E-state index in [0.29, 0.717) is 6.42 Å². The van der Waals surface area contributed by atoms with Gasteiger partial charge in [0, 0.05) is 0 Å². The quantitative estimate of drug-likeness (QED) is 0.714. The Morgan fingerprint density at radius 2 is 1.86 bits per heavy atom. The monoisotopic (exact) mass is 192 g/mol. The van der Waals surface area contributed by atoms with E-state index >= 15 is 0 Å². The molecule has 76 valence electrons. The van der Waals surface area contributed by atoms with Crippen LogP contribution in [0.4, 0.5) is 0 Å². The number of hydrogen-bond acceptors (Lipinski definition) is 2. The van der Waals surface area contributed by atoms with Gasteiger partial charge in [-0.05, 0) is 18.9 Å². The smallest absolute Gasteiger partial charge is 0.0902 e. The highest BCUT2D eigenvalue weighted by Gasteiger charge is 2.20. The van der Waals surface area contributed by atoms with E-state index in [1.165, 1.54) is 0 Å². The maximum absolute atomic E-state index is 10.1. The van der Waals surface area contributed by atoms with Gasteiger partial charge in [0.2, 0.25) is 0 Å². The molecule has 0 aliphatic heterocycles. The summed E-state index contributed by atoms with van der Waals surface area (Å²) in [7, 11) is 0. The van der Waals surface area contributed by atoms with E-state index in [0.717, 1.165) is 5.56 Å². The van der Waals surface area contributed by atoms with Crippen molar-refractivity contribution in [3.8, 4) is 0 Å². The molecule has 1 aromatic carbocycles. The molecule has 1 rings (SSSR count). The van der Waals surface area contributed by atoms with Crippen molar-refractivity contribution in [2.75, 3.05) is 6.61 Å². The Morgan fingerprint density at radius 3 is 2.43 bits per heavy atom. The third-order valence-electron chi connectivity index (χ3n) is 2.18. The highest BCUT2D eigenvalue weighted by atomic mass is 16.3. The molecule has 0 heterocycles. The molecule has 2 nitrogen and oxygen atoms in total. The Kier molecular flexibility index (Phi) is 3.86. The molecule has 1 aromatic rings. The minimum absolute atomic E-state index is 0.0187. The Hall–Kier alpha value is -1.12. The van der Waals surface area contributed by atoms with Crippen molar-refractivity contribution in [3.63, 3.8) is 0 Å². The molecule has 0 fully saturated rings. The van der Waals surface area contributed by atoms with Gasteiger partial charge in [-0.1, -0.05) is 42.5 Å². The molecule has 14 heavy (non-hydrogen) atoms. The first-order chi connectivity index (χ1) is 6.67. The lowest BCUT2D eigenvalue weighted by Crippen LogP contribution is -2.19. The molecule has 0 bridgehead atoms. The van der Waals surface area contributed by atoms with Crippen LogP contribution in [-0.4, -0.2) is 16.8 Å². The number of aliphatic hydroxyl groups excluding tert-OH is 1. The molecule has 0 saturated heterocycles. The maximum atomic E-state index is 10.1. The van der Waals surface area contributed by atoms with E-state index in [9.17, 15) is 5.11 Å². The van der Waals surface area contributed by atoms with Crippen molar-refractivity contribution in [1.29, 1.82) is 0 Å². The van der Waals surface area contributed by atoms with Gasteiger partial charge in [0.25, 0.3) is 0 Å². The molecular weight excluding hydrogens is 176 g/mol. The third kappa shape index (κ3) is 2.98. The summed E-state index contributed by atoms with van der Waals surface area (Å²) >= 11 is 0. The molecule has 1 unspecified atom stereocenters. The maximum Gasteiger partial charge on any atom is 0.0902 e. The zero-order chi connectivity index (χ0) is 10.4. The highest BCUT2D eigenvalue weighted by Crippen LogP contribution is 2.24. The van der Waals surface area contributed by atoms with Crippen LogP contribution in [0.2, 0.25) is 0 Å². The van der Waals surface area contributed by atoms with Crippen LogP contribution >= 0.6 is 0 Å². The fourth-order valence-corrected chi connectivity index (χ4v) is 1.30. The first-order valence-electron chi connectivity index (χ1n) is 4.70. The lowest BCUT2D eigenvalue weighted by Gasteiger charge is -2.21.